The summed E-state index contributed by atoms with van der Waals surface area (Å²) in [5.41, 5.74) is 7.77. The quantitative estimate of drug-likeness (QED) is 0.347. The molecule has 0 saturated carbocycles. The number of nitrogens with one attached hydrogen (secondary N) is 1. The first kappa shape index (κ1) is 19.4. The standard InChI is InChI=1S/C29H22N4/c1-2-8-21(9-3-1)25-13-7-14-26-27(25)29(31-19-24-12-4-5-17-30-24)33-28(32-26)23-16-15-20-10-6-11-22(20)18-23/h1-10,12-18H,11,19H2,(H,31,32,33). The van der Waals surface area contributed by atoms with Crippen molar-refractivity contribution in [2.24, 2.45) is 0 Å². The lowest BCUT2D eigenvalue weighted by molar-refractivity contribution is 1.03. The van der Waals surface area contributed by atoms with Gasteiger partial charge < -0.3 is 5.32 Å². The number of allylic oxidation sites excluding steroid dienone is 1. The summed E-state index contributed by atoms with van der Waals surface area (Å²) in [5, 5.41) is 4.57. The van der Waals surface area contributed by atoms with Crippen LogP contribution in [0.15, 0.2) is 97.2 Å². The SMILES string of the molecule is C1=Cc2ccc(-c3nc(NCc4ccccn4)c4c(-c5ccccc5)cccc4n3)cc2C1. The molecule has 1 aliphatic rings. The lowest BCUT2D eigenvalue weighted by Gasteiger charge is -2.15. The first-order chi connectivity index (χ1) is 16.3. The molecule has 0 radical (unpaired) electrons. The van der Waals surface area contributed by atoms with Crippen LogP contribution in [0.5, 0.6) is 0 Å². The highest BCUT2D eigenvalue weighted by molar-refractivity contribution is 6.02. The summed E-state index contributed by atoms with van der Waals surface area (Å²) in [6.45, 7) is 0.587. The number of nitrogens with zero attached hydrogens (tertiary/aromatic N) is 3. The highest BCUT2D eigenvalue weighted by atomic mass is 15.0. The fourth-order valence-electron chi connectivity index (χ4n) is 4.37. The van der Waals surface area contributed by atoms with E-state index in [1.165, 1.54) is 11.1 Å². The Labute approximate surface area is 192 Å². The summed E-state index contributed by atoms with van der Waals surface area (Å²) in [6.07, 6.45) is 7.14. The Bertz CT molecular complexity index is 1470. The number of fused-ring (bicyclic) bond motifs is 2. The molecule has 0 aliphatic heterocycles. The van der Waals surface area contributed by atoms with Crippen molar-refractivity contribution >= 4 is 22.8 Å². The smallest absolute Gasteiger partial charge is 0.162 e. The van der Waals surface area contributed by atoms with E-state index in [1.807, 2.05) is 30.5 Å². The number of pyridine rings is 1. The fraction of sp³-hybridized carbons (Fsp3) is 0.0690. The molecule has 3 aromatic carbocycles. The third-order valence-corrected chi connectivity index (χ3v) is 6.01. The van der Waals surface area contributed by atoms with Crippen LogP contribution in [-0.4, -0.2) is 15.0 Å². The van der Waals surface area contributed by atoms with Gasteiger partial charge in [-0.3, -0.25) is 4.98 Å². The van der Waals surface area contributed by atoms with Crippen molar-refractivity contribution in [2.75, 3.05) is 5.32 Å². The van der Waals surface area contributed by atoms with Crippen LogP contribution in [0, 0.1) is 0 Å². The van der Waals surface area contributed by atoms with Crippen LogP contribution in [0.3, 0.4) is 0 Å². The van der Waals surface area contributed by atoms with Crippen molar-refractivity contribution in [3.05, 3.63) is 114 Å². The summed E-state index contributed by atoms with van der Waals surface area (Å²) in [5.74, 6) is 1.55. The van der Waals surface area contributed by atoms with Gasteiger partial charge in [0.25, 0.3) is 0 Å². The molecule has 0 atom stereocenters. The van der Waals surface area contributed by atoms with Crippen molar-refractivity contribution in [3.8, 4) is 22.5 Å². The van der Waals surface area contributed by atoms with Crippen LogP contribution in [0.25, 0.3) is 39.5 Å². The summed E-state index contributed by atoms with van der Waals surface area (Å²) in [7, 11) is 0. The zero-order chi connectivity index (χ0) is 22.0. The van der Waals surface area contributed by atoms with Crippen LogP contribution in [-0.2, 0) is 13.0 Å². The van der Waals surface area contributed by atoms with E-state index in [1.54, 1.807) is 0 Å². The Balaban J connectivity index is 1.51. The molecule has 0 amide bonds. The topological polar surface area (TPSA) is 50.7 Å². The van der Waals surface area contributed by atoms with Gasteiger partial charge >= 0.3 is 0 Å². The number of anilines is 1. The first-order valence-corrected chi connectivity index (χ1v) is 11.1. The molecule has 1 aliphatic carbocycles. The van der Waals surface area contributed by atoms with Crippen LogP contribution < -0.4 is 5.32 Å². The average molecular weight is 427 g/mol. The van der Waals surface area contributed by atoms with E-state index in [4.69, 9.17) is 9.97 Å². The molecule has 2 heterocycles. The predicted octanol–water partition coefficient (Wildman–Crippen LogP) is 6.54. The molecule has 0 saturated heterocycles. The molecule has 33 heavy (non-hydrogen) atoms. The maximum Gasteiger partial charge on any atom is 0.162 e. The maximum absolute atomic E-state index is 5.03. The molecule has 2 aromatic heterocycles. The van der Waals surface area contributed by atoms with Gasteiger partial charge in [0.2, 0.25) is 0 Å². The molecule has 4 heteroatoms. The van der Waals surface area contributed by atoms with Gasteiger partial charge in [0.1, 0.15) is 5.82 Å². The molecule has 5 aromatic rings. The van der Waals surface area contributed by atoms with Crippen LogP contribution >= 0.6 is 0 Å². The van der Waals surface area contributed by atoms with Gasteiger partial charge in [0.05, 0.1) is 23.1 Å². The van der Waals surface area contributed by atoms with Crippen molar-refractivity contribution in [2.45, 2.75) is 13.0 Å². The predicted molar refractivity (Wildman–Crippen MR) is 135 cm³/mol. The van der Waals surface area contributed by atoms with Crippen molar-refractivity contribution in [3.63, 3.8) is 0 Å². The van der Waals surface area contributed by atoms with Crippen molar-refractivity contribution < 1.29 is 0 Å². The molecule has 4 nitrogen and oxygen atoms in total. The Kier molecular flexibility index (Phi) is 4.89. The van der Waals surface area contributed by atoms with E-state index in [0.717, 1.165) is 51.4 Å². The lowest BCUT2D eigenvalue weighted by Crippen LogP contribution is -2.06. The number of hydrogen-bond donors (Lipinski definition) is 1. The highest BCUT2D eigenvalue weighted by Gasteiger charge is 2.15. The Morgan fingerprint density at radius 3 is 2.58 bits per heavy atom. The lowest BCUT2D eigenvalue weighted by atomic mass is 10.00. The van der Waals surface area contributed by atoms with Gasteiger partial charge in [0.15, 0.2) is 5.82 Å². The summed E-state index contributed by atoms with van der Waals surface area (Å²) >= 11 is 0. The Hall–Kier alpha value is -4.31. The van der Waals surface area contributed by atoms with E-state index in [9.17, 15) is 0 Å². The summed E-state index contributed by atoms with van der Waals surface area (Å²) < 4.78 is 0. The molecular weight excluding hydrogens is 404 g/mol. The zero-order valence-corrected chi connectivity index (χ0v) is 18.1. The van der Waals surface area contributed by atoms with E-state index >= 15 is 0 Å². The summed E-state index contributed by atoms with van der Waals surface area (Å²) in [6, 6.07) is 29.1. The second-order valence-corrected chi connectivity index (χ2v) is 8.16. The minimum Gasteiger partial charge on any atom is -0.364 e. The Morgan fingerprint density at radius 2 is 1.70 bits per heavy atom. The molecule has 6 rings (SSSR count). The monoisotopic (exact) mass is 426 g/mol. The third-order valence-electron chi connectivity index (χ3n) is 6.01. The van der Waals surface area contributed by atoms with Crippen LogP contribution in [0.4, 0.5) is 5.82 Å². The number of rotatable bonds is 5. The minimum atomic E-state index is 0.587. The molecule has 0 spiro atoms. The molecule has 158 valence electrons. The second kappa shape index (κ2) is 8.32. The normalized spacial score (nSPS) is 12.1. The van der Waals surface area contributed by atoms with Gasteiger partial charge in [-0.05, 0) is 52.9 Å². The number of hydrogen-bond acceptors (Lipinski definition) is 4. The molecule has 0 fully saturated rings. The van der Waals surface area contributed by atoms with E-state index in [2.05, 4.69) is 83.1 Å². The average Bonchev–Trinajstić information content (AvgIpc) is 3.36. The zero-order valence-electron chi connectivity index (χ0n) is 18.1. The van der Waals surface area contributed by atoms with Gasteiger partial charge in [-0.1, -0.05) is 72.8 Å². The van der Waals surface area contributed by atoms with Gasteiger partial charge in [-0.15, -0.1) is 0 Å². The number of aromatic nitrogens is 3. The molecule has 0 bridgehead atoms. The highest BCUT2D eigenvalue weighted by Crippen LogP contribution is 2.34. The van der Waals surface area contributed by atoms with Gasteiger partial charge in [0, 0.05) is 11.8 Å². The fourth-order valence-corrected chi connectivity index (χ4v) is 4.37. The maximum atomic E-state index is 5.03. The third kappa shape index (κ3) is 3.76. The molecular formula is C29H22N4. The largest absolute Gasteiger partial charge is 0.364 e. The Morgan fingerprint density at radius 1 is 0.788 bits per heavy atom. The van der Waals surface area contributed by atoms with Crippen LogP contribution in [0.2, 0.25) is 0 Å². The van der Waals surface area contributed by atoms with Crippen LogP contribution in [0.1, 0.15) is 16.8 Å². The summed E-state index contributed by atoms with van der Waals surface area (Å²) in [4.78, 5) is 14.5. The second-order valence-electron chi connectivity index (χ2n) is 8.16. The minimum absolute atomic E-state index is 0.587. The van der Waals surface area contributed by atoms with Crippen molar-refractivity contribution in [1.82, 2.24) is 15.0 Å². The van der Waals surface area contributed by atoms with E-state index < -0.39 is 0 Å². The van der Waals surface area contributed by atoms with Crippen molar-refractivity contribution in [1.29, 1.82) is 0 Å². The van der Waals surface area contributed by atoms with E-state index in [-0.39, 0.29) is 0 Å². The van der Waals surface area contributed by atoms with Gasteiger partial charge in [-0.2, -0.15) is 0 Å². The first-order valence-electron chi connectivity index (χ1n) is 11.1. The molecule has 0 unspecified atom stereocenters. The number of benzene rings is 3. The molecule has 1 N–H and O–H groups in total. The van der Waals surface area contributed by atoms with Gasteiger partial charge in [-0.25, -0.2) is 9.97 Å². The van der Waals surface area contributed by atoms with E-state index in [0.29, 0.717) is 6.54 Å².